The Labute approximate surface area is 128 Å². The highest BCUT2D eigenvalue weighted by Crippen LogP contribution is 2.35. The predicted octanol–water partition coefficient (Wildman–Crippen LogP) is 3.93. The monoisotopic (exact) mass is 298 g/mol. The summed E-state index contributed by atoms with van der Waals surface area (Å²) in [7, 11) is 0. The molecular weight excluding hydrogens is 284 g/mol. The van der Waals surface area contributed by atoms with E-state index in [-0.39, 0.29) is 5.91 Å². The third-order valence-corrected chi connectivity index (χ3v) is 4.49. The number of amides is 1. The first-order chi connectivity index (χ1) is 10.2. The highest BCUT2D eigenvalue weighted by Gasteiger charge is 2.23. The van der Waals surface area contributed by atoms with Crippen LogP contribution in [0, 0.1) is 0 Å². The molecule has 4 rings (SSSR count). The smallest absolute Gasteiger partial charge is 0.228 e. The van der Waals surface area contributed by atoms with Crippen molar-refractivity contribution in [3.05, 3.63) is 58.1 Å². The molecule has 3 nitrogen and oxygen atoms in total. The van der Waals surface area contributed by atoms with Gasteiger partial charge >= 0.3 is 0 Å². The van der Waals surface area contributed by atoms with E-state index in [9.17, 15) is 4.79 Å². The number of benzene rings is 2. The lowest BCUT2D eigenvalue weighted by Gasteiger charge is -2.28. The Balaban J connectivity index is 1.63. The first-order valence-electron chi connectivity index (χ1n) is 7.17. The van der Waals surface area contributed by atoms with Crippen LogP contribution in [0.25, 0.3) is 0 Å². The van der Waals surface area contributed by atoms with Crippen LogP contribution in [-0.4, -0.2) is 5.91 Å². The fourth-order valence-corrected chi connectivity index (χ4v) is 3.38. The molecule has 0 spiro atoms. The van der Waals surface area contributed by atoms with E-state index < -0.39 is 0 Å². The van der Waals surface area contributed by atoms with E-state index in [0.29, 0.717) is 12.5 Å². The normalized spacial score (nSPS) is 19.5. The van der Waals surface area contributed by atoms with Crippen molar-refractivity contribution in [2.75, 3.05) is 10.6 Å². The molecule has 1 amide bonds. The molecule has 21 heavy (non-hydrogen) atoms. The van der Waals surface area contributed by atoms with Crippen LogP contribution in [0.5, 0.6) is 0 Å². The summed E-state index contributed by atoms with van der Waals surface area (Å²) in [6.45, 7) is 0. The van der Waals surface area contributed by atoms with Gasteiger partial charge in [0, 0.05) is 16.4 Å². The molecule has 2 aliphatic heterocycles. The maximum Gasteiger partial charge on any atom is 0.228 e. The molecular formula is C17H15ClN2O. The Morgan fingerprint density at radius 1 is 1.05 bits per heavy atom. The third-order valence-electron chi connectivity index (χ3n) is 4.26. The Hall–Kier alpha value is -2.00. The van der Waals surface area contributed by atoms with Crippen molar-refractivity contribution in [3.63, 3.8) is 0 Å². The van der Waals surface area contributed by atoms with Crippen LogP contribution in [0.2, 0.25) is 5.02 Å². The average molecular weight is 299 g/mol. The molecule has 106 valence electrons. The van der Waals surface area contributed by atoms with E-state index in [1.807, 2.05) is 24.3 Å². The molecule has 0 aliphatic carbocycles. The highest BCUT2D eigenvalue weighted by atomic mass is 35.5. The zero-order valence-electron chi connectivity index (χ0n) is 11.4. The van der Waals surface area contributed by atoms with E-state index in [0.717, 1.165) is 34.8 Å². The van der Waals surface area contributed by atoms with E-state index in [4.69, 9.17) is 11.6 Å². The molecule has 2 N–H and O–H groups in total. The van der Waals surface area contributed by atoms with Crippen molar-refractivity contribution in [1.29, 1.82) is 0 Å². The quantitative estimate of drug-likeness (QED) is 0.837. The Bertz CT molecular complexity index is 742. The molecule has 0 saturated heterocycles. The lowest BCUT2D eigenvalue weighted by Crippen LogP contribution is -2.18. The standard InChI is InChI=1S/C17H15ClN2O/c18-13-3-6-15-11(8-13)2-4-14(19-15)10-1-5-16-12(7-10)9-17(21)20-16/h1,3,5-8,14,19H,2,4,9H2,(H,20,21). The third kappa shape index (κ3) is 2.28. The summed E-state index contributed by atoms with van der Waals surface area (Å²) in [6.07, 6.45) is 2.54. The molecule has 2 aromatic carbocycles. The molecule has 4 heteroatoms. The molecule has 2 aliphatic rings. The van der Waals surface area contributed by atoms with E-state index in [1.165, 1.54) is 11.1 Å². The number of fused-ring (bicyclic) bond motifs is 2. The van der Waals surface area contributed by atoms with Crippen molar-refractivity contribution in [1.82, 2.24) is 0 Å². The van der Waals surface area contributed by atoms with Crippen molar-refractivity contribution in [2.45, 2.75) is 25.3 Å². The van der Waals surface area contributed by atoms with E-state index in [1.54, 1.807) is 0 Å². The van der Waals surface area contributed by atoms with Crippen LogP contribution in [0.1, 0.15) is 29.2 Å². The predicted molar refractivity (Wildman–Crippen MR) is 84.9 cm³/mol. The molecule has 1 unspecified atom stereocenters. The number of aryl methyl sites for hydroxylation is 1. The fraction of sp³-hybridized carbons (Fsp3) is 0.235. The van der Waals surface area contributed by atoms with Crippen LogP contribution in [0.15, 0.2) is 36.4 Å². The number of rotatable bonds is 1. The average Bonchev–Trinajstić information content (AvgIpc) is 2.85. The van der Waals surface area contributed by atoms with Gasteiger partial charge in [-0.3, -0.25) is 4.79 Å². The van der Waals surface area contributed by atoms with Gasteiger partial charge in [0.15, 0.2) is 0 Å². The molecule has 0 aromatic heterocycles. The lowest BCUT2D eigenvalue weighted by atomic mass is 9.92. The van der Waals surface area contributed by atoms with Gasteiger partial charge in [-0.15, -0.1) is 0 Å². The topological polar surface area (TPSA) is 41.1 Å². The summed E-state index contributed by atoms with van der Waals surface area (Å²) in [5.74, 6) is 0.0822. The van der Waals surface area contributed by atoms with Crippen LogP contribution < -0.4 is 10.6 Å². The summed E-state index contributed by atoms with van der Waals surface area (Å²) in [5, 5.41) is 7.24. The molecule has 0 radical (unpaired) electrons. The Morgan fingerprint density at radius 2 is 1.90 bits per heavy atom. The molecule has 1 atom stereocenters. The van der Waals surface area contributed by atoms with Gasteiger partial charge in [0.25, 0.3) is 0 Å². The number of carbonyl (C=O) groups is 1. The Kier molecular flexibility index (Phi) is 2.89. The number of anilines is 2. The number of halogens is 1. The molecule has 2 heterocycles. The van der Waals surface area contributed by atoms with Gasteiger partial charge in [0.05, 0.1) is 12.5 Å². The first-order valence-corrected chi connectivity index (χ1v) is 7.54. The summed E-state index contributed by atoms with van der Waals surface area (Å²) >= 11 is 6.04. The van der Waals surface area contributed by atoms with Gasteiger partial charge < -0.3 is 10.6 Å². The second-order valence-electron chi connectivity index (χ2n) is 5.68. The Morgan fingerprint density at radius 3 is 2.81 bits per heavy atom. The maximum atomic E-state index is 11.4. The fourth-order valence-electron chi connectivity index (χ4n) is 3.19. The summed E-state index contributed by atoms with van der Waals surface area (Å²) in [5.41, 5.74) is 5.72. The zero-order valence-corrected chi connectivity index (χ0v) is 12.2. The van der Waals surface area contributed by atoms with Crippen molar-refractivity contribution in [3.8, 4) is 0 Å². The van der Waals surface area contributed by atoms with E-state index >= 15 is 0 Å². The van der Waals surface area contributed by atoms with Crippen LogP contribution in [0.4, 0.5) is 11.4 Å². The van der Waals surface area contributed by atoms with Gasteiger partial charge in [-0.25, -0.2) is 0 Å². The van der Waals surface area contributed by atoms with Crippen LogP contribution >= 0.6 is 11.6 Å². The highest BCUT2D eigenvalue weighted by molar-refractivity contribution is 6.30. The summed E-state index contributed by atoms with van der Waals surface area (Å²) in [4.78, 5) is 11.4. The molecule has 0 saturated carbocycles. The minimum Gasteiger partial charge on any atom is -0.378 e. The molecule has 2 aromatic rings. The second kappa shape index (κ2) is 4.78. The van der Waals surface area contributed by atoms with E-state index in [2.05, 4.69) is 22.8 Å². The van der Waals surface area contributed by atoms with Crippen molar-refractivity contribution >= 4 is 28.9 Å². The number of hydrogen-bond acceptors (Lipinski definition) is 2. The van der Waals surface area contributed by atoms with Crippen molar-refractivity contribution in [2.24, 2.45) is 0 Å². The van der Waals surface area contributed by atoms with Gasteiger partial charge in [-0.2, -0.15) is 0 Å². The lowest BCUT2D eigenvalue weighted by molar-refractivity contribution is -0.115. The van der Waals surface area contributed by atoms with Crippen LogP contribution in [-0.2, 0) is 17.6 Å². The number of nitrogens with one attached hydrogen (secondary N) is 2. The molecule has 0 bridgehead atoms. The summed E-state index contributed by atoms with van der Waals surface area (Å²) < 4.78 is 0. The zero-order chi connectivity index (χ0) is 14.4. The van der Waals surface area contributed by atoms with Gasteiger partial charge in [0.2, 0.25) is 5.91 Å². The minimum atomic E-state index is 0.0822. The summed E-state index contributed by atoms with van der Waals surface area (Å²) in [6, 6.07) is 12.5. The molecule has 0 fully saturated rings. The SMILES string of the molecule is O=C1Cc2cc(C3CCc4cc(Cl)ccc4N3)ccc2N1. The first kappa shape index (κ1) is 12.7. The van der Waals surface area contributed by atoms with Crippen molar-refractivity contribution < 1.29 is 4.79 Å². The maximum absolute atomic E-state index is 11.4. The minimum absolute atomic E-state index is 0.0822. The second-order valence-corrected chi connectivity index (χ2v) is 6.12. The van der Waals surface area contributed by atoms with Crippen LogP contribution in [0.3, 0.4) is 0 Å². The largest absolute Gasteiger partial charge is 0.378 e. The number of hydrogen-bond donors (Lipinski definition) is 2. The van der Waals surface area contributed by atoms with Gasteiger partial charge in [-0.1, -0.05) is 23.7 Å². The number of carbonyl (C=O) groups excluding carboxylic acids is 1. The van der Waals surface area contributed by atoms with Gasteiger partial charge in [0.1, 0.15) is 0 Å². The van der Waals surface area contributed by atoms with Gasteiger partial charge in [-0.05, 0) is 53.8 Å².